The molecule has 0 amide bonds. The second-order valence-electron chi connectivity index (χ2n) is 4.38. The van der Waals surface area contributed by atoms with Gasteiger partial charge < -0.3 is 10.3 Å². The molecule has 0 bridgehead atoms. The van der Waals surface area contributed by atoms with Crippen molar-refractivity contribution >= 4 is 17.3 Å². The molecular weight excluding hydrogens is 276 g/mol. The van der Waals surface area contributed by atoms with E-state index in [0.717, 1.165) is 11.1 Å². The van der Waals surface area contributed by atoms with Gasteiger partial charge in [-0.1, -0.05) is 16.8 Å². The molecule has 0 radical (unpaired) electrons. The standard InChI is InChI=1S/C14H11ClN4O/c1-8-4-5-17-12(6-8)13-18-14(20-19-13)9-2-3-10(15)11(16)7-9/h2-7H,16H2,1H3. The van der Waals surface area contributed by atoms with E-state index in [1.54, 1.807) is 24.4 Å². The van der Waals surface area contributed by atoms with E-state index in [4.69, 9.17) is 21.9 Å². The molecule has 3 aromatic rings. The number of hydrogen-bond donors (Lipinski definition) is 1. The first-order chi connectivity index (χ1) is 9.63. The minimum absolute atomic E-state index is 0.381. The molecule has 0 saturated heterocycles. The molecule has 0 unspecified atom stereocenters. The van der Waals surface area contributed by atoms with E-state index in [1.165, 1.54) is 0 Å². The summed E-state index contributed by atoms with van der Waals surface area (Å²) >= 11 is 5.88. The highest BCUT2D eigenvalue weighted by Crippen LogP contribution is 2.27. The molecule has 100 valence electrons. The molecular formula is C14H11ClN4O. The number of hydrogen-bond acceptors (Lipinski definition) is 5. The van der Waals surface area contributed by atoms with E-state index in [2.05, 4.69) is 15.1 Å². The lowest BCUT2D eigenvalue weighted by atomic mass is 10.2. The highest BCUT2D eigenvalue weighted by Gasteiger charge is 2.12. The Bertz CT molecular complexity index is 769. The van der Waals surface area contributed by atoms with Crippen LogP contribution < -0.4 is 5.73 Å². The van der Waals surface area contributed by atoms with E-state index in [-0.39, 0.29) is 0 Å². The van der Waals surface area contributed by atoms with Crippen LogP contribution >= 0.6 is 11.6 Å². The fourth-order valence-electron chi connectivity index (χ4n) is 1.78. The molecule has 1 aromatic carbocycles. The fourth-order valence-corrected chi connectivity index (χ4v) is 1.90. The summed E-state index contributed by atoms with van der Waals surface area (Å²) in [6.45, 7) is 1.98. The summed E-state index contributed by atoms with van der Waals surface area (Å²) in [4.78, 5) is 8.54. The van der Waals surface area contributed by atoms with Gasteiger partial charge in [-0.2, -0.15) is 4.98 Å². The Labute approximate surface area is 120 Å². The highest BCUT2D eigenvalue weighted by atomic mass is 35.5. The Morgan fingerprint density at radius 2 is 2.05 bits per heavy atom. The zero-order valence-electron chi connectivity index (χ0n) is 10.7. The molecule has 6 heteroatoms. The molecule has 0 fully saturated rings. The lowest BCUT2D eigenvalue weighted by Crippen LogP contribution is -1.88. The molecule has 0 aliphatic carbocycles. The second kappa shape index (κ2) is 4.94. The van der Waals surface area contributed by atoms with Crippen LogP contribution in [0.25, 0.3) is 23.0 Å². The Balaban J connectivity index is 1.99. The summed E-state index contributed by atoms with van der Waals surface area (Å²) in [7, 11) is 0. The van der Waals surface area contributed by atoms with Gasteiger partial charge in [-0.25, -0.2) is 0 Å². The molecule has 0 aliphatic rings. The minimum atomic E-state index is 0.381. The van der Waals surface area contributed by atoms with Gasteiger partial charge in [-0.05, 0) is 42.8 Å². The molecule has 0 spiro atoms. The molecule has 5 nitrogen and oxygen atoms in total. The van der Waals surface area contributed by atoms with E-state index >= 15 is 0 Å². The average molecular weight is 287 g/mol. The first kappa shape index (κ1) is 12.6. The lowest BCUT2D eigenvalue weighted by Gasteiger charge is -1.98. The first-order valence-corrected chi connectivity index (χ1v) is 6.33. The maximum Gasteiger partial charge on any atom is 0.258 e. The molecule has 0 aliphatic heterocycles. The minimum Gasteiger partial charge on any atom is -0.398 e. The van der Waals surface area contributed by atoms with Crippen molar-refractivity contribution in [2.45, 2.75) is 6.92 Å². The monoisotopic (exact) mass is 286 g/mol. The van der Waals surface area contributed by atoms with Crippen LogP contribution in [0.15, 0.2) is 41.1 Å². The average Bonchev–Trinajstić information content (AvgIpc) is 2.92. The molecule has 0 atom stereocenters. The lowest BCUT2D eigenvalue weighted by molar-refractivity contribution is 0.432. The van der Waals surface area contributed by atoms with Crippen LogP contribution in [0.4, 0.5) is 5.69 Å². The quantitative estimate of drug-likeness (QED) is 0.731. The summed E-state index contributed by atoms with van der Waals surface area (Å²) in [5.41, 5.74) is 8.70. The number of nitrogens with zero attached hydrogens (tertiary/aromatic N) is 3. The van der Waals surface area contributed by atoms with Gasteiger partial charge in [0.25, 0.3) is 5.89 Å². The van der Waals surface area contributed by atoms with Crippen LogP contribution in [-0.2, 0) is 0 Å². The number of aromatic nitrogens is 3. The fraction of sp³-hybridized carbons (Fsp3) is 0.0714. The number of benzene rings is 1. The summed E-state index contributed by atoms with van der Waals surface area (Å²) < 4.78 is 5.24. The van der Waals surface area contributed by atoms with E-state index < -0.39 is 0 Å². The van der Waals surface area contributed by atoms with E-state index in [9.17, 15) is 0 Å². The van der Waals surface area contributed by atoms with Gasteiger partial charge in [0.1, 0.15) is 5.69 Å². The Morgan fingerprint density at radius 1 is 1.20 bits per heavy atom. The SMILES string of the molecule is Cc1ccnc(-c2noc(-c3ccc(Cl)c(N)c3)n2)c1. The second-order valence-corrected chi connectivity index (χ2v) is 4.79. The third-order valence-corrected chi connectivity index (χ3v) is 3.16. The molecule has 2 N–H and O–H groups in total. The predicted octanol–water partition coefficient (Wildman–Crippen LogP) is 3.34. The van der Waals surface area contributed by atoms with Crippen LogP contribution in [0, 0.1) is 6.92 Å². The van der Waals surface area contributed by atoms with Gasteiger partial charge in [-0.3, -0.25) is 4.98 Å². The van der Waals surface area contributed by atoms with Gasteiger partial charge in [0.05, 0.1) is 10.7 Å². The van der Waals surface area contributed by atoms with Crippen LogP contribution in [0.5, 0.6) is 0 Å². The van der Waals surface area contributed by atoms with Gasteiger partial charge in [0.2, 0.25) is 5.82 Å². The third kappa shape index (κ3) is 2.35. The predicted molar refractivity (Wildman–Crippen MR) is 77.1 cm³/mol. The Kier molecular flexibility index (Phi) is 3.12. The van der Waals surface area contributed by atoms with Crippen molar-refractivity contribution in [3.63, 3.8) is 0 Å². The number of nitrogens with two attached hydrogens (primary N) is 1. The number of anilines is 1. The van der Waals surface area contributed by atoms with Crippen molar-refractivity contribution in [1.82, 2.24) is 15.1 Å². The zero-order valence-corrected chi connectivity index (χ0v) is 11.4. The summed E-state index contributed by atoms with van der Waals surface area (Å²) in [6, 6.07) is 8.97. The largest absolute Gasteiger partial charge is 0.398 e. The summed E-state index contributed by atoms with van der Waals surface area (Å²) in [5, 5.41) is 4.43. The van der Waals surface area contributed by atoms with Crippen molar-refractivity contribution in [3.05, 3.63) is 47.1 Å². The number of nitrogen functional groups attached to an aromatic ring is 1. The summed E-state index contributed by atoms with van der Waals surface area (Å²) in [6.07, 6.45) is 1.71. The molecule has 0 saturated carbocycles. The zero-order chi connectivity index (χ0) is 14.1. The third-order valence-electron chi connectivity index (χ3n) is 2.81. The smallest absolute Gasteiger partial charge is 0.258 e. The Hall–Kier alpha value is -2.40. The molecule has 3 rings (SSSR count). The van der Waals surface area contributed by atoms with Crippen LogP contribution in [-0.4, -0.2) is 15.1 Å². The topological polar surface area (TPSA) is 77.8 Å². The normalized spacial score (nSPS) is 10.7. The van der Waals surface area contributed by atoms with Crippen molar-refractivity contribution in [1.29, 1.82) is 0 Å². The number of rotatable bonds is 2. The maximum atomic E-state index is 5.88. The van der Waals surface area contributed by atoms with Crippen LogP contribution in [0.1, 0.15) is 5.56 Å². The number of aryl methyl sites for hydroxylation is 1. The van der Waals surface area contributed by atoms with Crippen LogP contribution in [0.2, 0.25) is 5.02 Å². The molecule has 20 heavy (non-hydrogen) atoms. The first-order valence-electron chi connectivity index (χ1n) is 5.95. The van der Waals surface area contributed by atoms with Crippen molar-refractivity contribution < 1.29 is 4.52 Å². The van der Waals surface area contributed by atoms with E-state index in [1.807, 2.05) is 19.1 Å². The van der Waals surface area contributed by atoms with Gasteiger partial charge in [0, 0.05) is 11.8 Å². The van der Waals surface area contributed by atoms with Crippen LogP contribution in [0.3, 0.4) is 0 Å². The van der Waals surface area contributed by atoms with Crippen molar-refractivity contribution in [2.75, 3.05) is 5.73 Å². The number of pyridine rings is 1. The van der Waals surface area contributed by atoms with Gasteiger partial charge in [0.15, 0.2) is 0 Å². The summed E-state index contributed by atoms with van der Waals surface area (Å²) in [5.74, 6) is 0.823. The van der Waals surface area contributed by atoms with Crippen molar-refractivity contribution in [2.24, 2.45) is 0 Å². The molecule has 2 aromatic heterocycles. The molecule has 2 heterocycles. The Morgan fingerprint density at radius 3 is 2.80 bits per heavy atom. The van der Waals surface area contributed by atoms with Gasteiger partial charge >= 0.3 is 0 Å². The number of halogens is 1. The van der Waals surface area contributed by atoms with E-state index in [0.29, 0.717) is 28.1 Å². The highest BCUT2D eigenvalue weighted by molar-refractivity contribution is 6.33. The van der Waals surface area contributed by atoms with Gasteiger partial charge in [-0.15, -0.1) is 0 Å². The maximum absolute atomic E-state index is 5.88. The van der Waals surface area contributed by atoms with Crippen molar-refractivity contribution in [3.8, 4) is 23.0 Å².